The number of hydrogen-bond acceptors (Lipinski definition) is 2. The lowest BCUT2D eigenvalue weighted by atomic mass is 10.1. The van der Waals surface area contributed by atoms with Crippen molar-refractivity contribution < 1.29 is 9.18 Å². The number of hydrogen-bond donors (Lipinski definition) is 2. The zero-order valence-corrected chi connectivity index (χ0v) is 12.0. The van der Waals surface area contributed by atoms with Gasteiger partial charge in [-0.05, 0) is 37.1 Å². The van der Waals surface area contributed by atoms with E-state index in [1.807, 2.05) is 25.1 Å². The van der Waals surface area contributed by atoms with Crippen LogP contribution >= 0.6 is 0 Å². The van der Waals surface area contributed by atoms with Crippen LogP contribution < -0.4 is 11.1 Å². The molecule has 0 aliphatic heterocycles. The molecule has 0 radical (unpaired) electrons. The lowest BCUT2D eigenvalue weighted by Crippen LogP contribution is -2.28. The fraction of sp³-hybridized carbons (Fsp3) is 0.235. The van der Waals surface area contributed by atoms with Crippen LogP contribution in [0.3, 0.4) is 0 Å². The Morgan fingerprint density at radius 2 is 1.95 bits per heavy atom. The predicted octanol–water partition coefficient (Wildman–Crippen LogP) is 2.65. The second-order valence-electron chi connectivity index (χ2n) is 5.14. The smallest absolute Gasteiger partial charge is 0.248 e. The lowest BCUT2D eigenvalue weighted by Gasteiger charge is -2.14. The topological polar surface area (TPSA) is 55.1 Å². The highest BCUT2D eigenvalue weighted by Gasteiger charge is 2.09. The fourth-order valence-electron chi connectivity index (χ4n) is 2.19. The van der Waals surface area contributed by atoms with Crippen molar-refractivity contribution in [3.05, 3.63) is 71.0 Å². The quantitative estimate of drug-likeness (QED) is 0.857. The summed E-state index contributed by atoms with van der Waals surface area (Å²) in [5.41, 5.74) is 7.21. The Balaban J connectivity index is 1.96. The standard InChI is InChI=1S/C17H19FN2O/c1-12(9-13-5-3-2-4-6-13)20-11-15-10-14(17(19)21)7-8-16(15)18/h2-8,10,12,20H,9,11H2,1H3,(H2,19,21). The molecule has 110 valence electrons. The van der Waals surface area contributed by atoms with Gasteiger partial charge in [0.25, 0.3) is 0 Å². The summed E-state index contributed by atoms with van der Waals surface area (Å²) < 4.78 is 13.7. The molecule has 3 nitrogen and oxygen atoms in total. The van der Waals surface area contributed by atoms with Crippen LogP contribution in [0.5, 0.6) is 0 Å². The first-order valence-electron chi connectivity index (χ1n) is 6.92. The summed E-state index contributed by atoms with van der Waals surface area (Å²) in [5, 5.41) is 3.26. The molecule has 0 saturated heterocycles. The summed E-state index contributed by atoms with van der Waals surface area (Å²) >= 11 is 0. The largest absolute Gasteiger partial charge is 0.366 e. The van der Waals surface area contributed by atoms with Gasteiger partial charge in [-0.1, -0.05) is 30.3 Å². The molecule has 0 spiro atoms. The molecule has 0 saturated carbocycles. The van der Waals surface area contributed by atoms with Gasteiger partial charge in [-0.3, -0.25) is 4.79 Å². The van der Waals surface area contributed by atoms with E-state index in [0.29, 0.717) is 17.7 Å². The number of nitrogens with one attached hydrogen (secondary N) is 1. The molecule has 0 heterocycles. The van der Waals surface area contributed by atoms with Crippen molar-refractivity contribution in [1.29, 1.82) is 0 Å². The van der Waals surface area contributed by atoms with Gasteiger partial charge in [0, 0.05) is 23.7 Å². The van der Waals surface area contributed by atoms with Crippen molar-refractivity contribution in [2.45, 2.75) is 25.9 Å². The third-order valence-electron chi connectivity index (χ3n) is 3.36. The zero-order chi connectivity index (χ0) is 15.2. The normalized spacial score (nSPS) is 12.1. The van der Waals surface area contributed by atoms with Crippen LogP contribution in [0, 0.1) is 5.82 Å². The SMILES string of the molecule is CC(Cc1ccccc1)NCc1cc(C(N)=O)ccc1F. The van der Waals surface area contributed by atoms with E-state index >= 15 is 0 Å². The maximum absolute atomic E-state index is 13.7. The Morgan fingerprint density at radius 3 is 2.62 bits per heavy atom. The second kappa shape index (κ2) is 6.99. The predicted molar refractivity (Wildman–Crippen MR) is 81.4 cm³/mol. The Kier molecular flexibility index (Phi) is 5.06. The molecule has 21 heavy (non-hydrogen) atoms. The Bertz CT molecular complexity index is 613. The molecule has 0 bridgehead atoms. The van der Waals surface area contributed by atoms with Crippen molar-refractivity contribution >= 4 is 5.91 Å². The minimum atomic E-state index is -0.548. The summed E-state index contributed by atoms with van der Waals surface area (Å²) in [6.07, 6.45) is 0.859. The van der Waals surface area contributed by atoms with Crippen LogP contribution in [0.1, 0.15) is 28.4 Å². The molecule has 1 atom stereocenters. The summed E-state index contributed by atoms with van der Waals surface area (Å²) in [4.78, 5) is 11.1. The highest BCUT2D eigenvalue weighted by molar-refractivity contribution is 5.92. The molecule has 0 fully saturated rings. The first-order valence-corrected chi connectivity index (χ1v) is 6.92. The summed E-state index contributed by atoms with van der Waals surface area (Å²) in [6.45, 7) is 2.41. The van der Waals surface area contributed by atoms with E-state index < -0.39 is 5.91 Å². The third-order valence-corrected chi connectivity index (χ3v) is 3.36. The number of rotatable bonds is 6. The van der Waals surface area contributed by atoms with Crippen LogP contribution in [0.15, 0.2) is 48.5 Å². The maximum Gasteiger partial charge on any atom is 0.248 e. The Morgan fingerprint density at radius 1 is 1.24 bits per heavy atom. The molecule has 1 unspecified atom stereocenters. The van der Waals surface area contributed by atoms with E-state index in [0.717, 1.165) is 6.42 Å². The van der Waals surface area contributed by atoms with Gasteiger partial charge in [0.2, 0.25) is 5.91 Å². The minimum Gasteiger partial charge on any atom is -0.366 e. The van der Waals surface area contributed by atoms with E-state index in [9.17, 15) is 9.18 Å². The van der Waals surface area contributed by atoms with Crippen LogP contribution in [0.25, 0.3) is 0 Å². The molecule has 1 amide bonds. The van der Waals surface area contributed by atoms with Gasteiger partial charge in [0.05, 0.1) is 0 Å². The van der Waals surface area contributed by atoms with Crippen LogP contribution in [-0.4, -0.2) is 11.9 Å². The molecule has 2 rings (SSSR count). The summed E-state index contributed by atoms with van der Waals surface area (Å²) in [5.74, 6) is -0.881. The lowest BCUT2D eigenvalue weighted by molar-refractivity contribution is 0.1000. The van der Waals surface area contributed by atoms with Crippen molar-refractivity contribution in [3.63, 3.8) is 0 Å². The Labute approximate surface area is 124 Å². The van der Waals surface area contributed by atoms with Crippen molar-refractivity contribution in [2.75, 3.05) is 0 Å². The van der Waals surface area contributed by atoms with Gasteiger partial charge < -0.3 is 11.1 Å². The van der Waals surface area contributed by atoms with Crippen LogP contribution in [0.2, 0.25) is 0 Å². The zero-order valence-electron chi connectivity index (χ0n) is 12.0. The van der Waals surface area contributed by atoms with Gasteiger partial charge in [-0.25, -0.2) is 4.39 Å². The molecule has 2 aromatic carbocycles. The molecule has 0 aromatic heterocycles. The number of halogens is 1. The fourth-order valence-corrected chi connectivity index (χ4v) is 2.19. The Hall–Kier alpha value is -2.20. The first-order chi connectivity index (χ1) is 10.1. The number of nitrogens with two attached hydrogens (primary N) is 1. The molecule has 0 aliphatic rings. The molecular weight excluding hydrogens is 267 g/mol. The summed E-state index contributed by atoms with van der Waals surface area (Å²) in [6, 6.07) is 14.5. The van der Waals surface area contributed by atoms with Gasteiger partial charge in [-0.2, -0.15) is 0 Å². The number of amides is 1. The van der Waals surface area contributed by atoms with E-state index in [4.69, 9.17) is 5.73 Å². The molecule has 3 N–H and O–H groups in total. The highest BCUT2D eigenvalue weighted by atomic mass is 19.1. The molecular formula is C17H19FN2O. The highest BCUT2D eigenvalue weighted by Crippen LogP contribution is 2.11. The second-order valence-corrected chi connectivity index (χ2v) is 5.14. The monoisotopic (exact) mass is 286 g/mol. The average Bonchev–Trinajstić information content (AvgIpc) is 2.47. The van der Waals surface area contributed by atoms with Gasteiger partial charge in [0.1, 0.15) is 5.82 Å². The van der Waals surface area contributed by atoms with Crippen LogP contribution in [0.4, 0.5) is 4.39 Å². The van der Waals surface area contributed by atoms with E-state index in [-0.39, 0.29) is 11.9 Å². The third kappa shape index (κ3) is 4.39. The number of benzene rings is 2. The minimum absolute atomic E-state index is 0.198. The number of carbonyl (C=O) groups excluding carboxylic acids is 1. The van der Waals surface area contributed by atoms with Gasteiger partial charge in [0.15, 0.2) is 0 Å². The van der Waals surface area contributed by atoms with Crippen molar-refractivity contribution in [2.24, 2.45) is 5.73 Å². The maximum atomic E-state index is 13.7. The molecule has 4 heteroatoms. The first kappa shape index (κ1) is 15.2. The van der Waals surface area contributed by atoms with Crippen LogP contribution in [-0.2, 0) is 13.0 Å². The van der Waals surface area contributed by atoms with Gasteiger partial charge in [-0.15, -0.1) is 0 Å². The van der Waals surface area contributed by atoms with E-state index in [1.54, 1.807) is 0 Å². The molecule has 2 aromatic rings. The average molecular weight is 286 g/mol. The van der Waals surface area contributed by atoms with E-state index in [1.165, 1.54) is 23.8 Å². The van der Waals surface area contributed by atoms with Crippen molar-refractivity contribution in [1.82, 2.24) is 5.32 Å². The molecule has 0 aliphatic carbocycles. The van der Waals surface area contributed by atoms with Gasteiger partial charge >= 0.3 is 0 Å². The number of carbonyl (C=O) groups is 1. The summed E-state index contributed by atoms with van der Waals surface area (Å²) in [7, 11) is 0. The van der Waals surface area contributed by atoms with E-state index in [2.05, 4.69) is 17.4 Å². The number of primary amides is 1. The van der Waals surface area contributed by atoms with Crippen molar-refractivity contribution in [3.8, 4) is 0 Å².